The molecule has 0 aliphatic carbocycles. The highest BCUT2D eigenvalue weighted by atomic mass is 16.4. The van der Waals surface area contributed by atoms with Crippen molar-refractivity contribution in [2.75, 3.05) is 11.9 Å². The number of carboxylic acids is 1. The summed E-state index contributed by atoms with van der Waals surface area (Å²) in [6, 6.07) is 7.03. The lowest BCUT2D eigenvalue weighted by Crippen LogP contribution is -2.41. The number of carbonyl (C=O) groups excluding carboxylic acids is 1. The van der Waals surface area contributed by atoms with Gasteiger partial charge in [0.25, 0.3) is 0 Å². The third-order valence-corrected chi connectivity index (χ3v) is 3.02. The zero-order chi connectivity index (χ0) is 15.0. The lowest BCUT2D eigenvalue weighted by atomic mass is 10.1. The van der Waals surface area contributed by atoms with Crippen LogP contribution in [0.4, 0.5) is 5.69 Å². The van der Waals surface area contributed by atoms with Gasteiger partial charge < -0.3 is 15.7 Å². The minimum absolute atomic E-state index is 0.244. The number of nitrogens with one attached hydrogen (secondary N) is 2. The van der Waals surface area contributed by atoms with Gasteiger partial charge in [0.05, 0.1) is 0 Å². The third kappa shape index (κ3) is 5.30. The molecule has 0 bridgehead atoms. The van der Waals surface area contributed by atoms with E-state index >= 15 is 0 Å². The van der Waals surface area contributed by atoms with Crippen LogP contribution in [0, 0.1) is 6.92 Å². The van der Waals surface area contributed by atoms with Gasteiger partial charge >= 0.3 is 5.97 Å². The zero-order valence-electron chi connectivity index (χ0n) is 12.0. The second-order valence-corrected chi connectivity index (χ2v) is 4.74. The van der Waals surface area contributed by atoms with Crippen molar-refractivity contribution in [3.63, 3.8) is 0 Å². The lowest BCUT2D eigenvalue weighted by Gasteiger charge is -2.14. The number of amides is 1. The van der Waals surface area contributed by atoms with Crippen LogP contribution in [0.1, 0.15) is 31.7 Å². The first-order chi connectivity index (χ1) is 9.54. The van der Waals surface area contributed by atoms with Gasteiger partial charge in [0.2, 0.25) is 5.91 Å². The van der Waals surface area contributed by atoms with Crippen LogP contribution >= 0.6 is 0 Å². The predicted octanol–water partition coefficient (Wildman–Crippen LogP) is 2.17. The largest absolute Gasteiger partial charge is 0.480 e. The summed E-state index contributed by atoms with van der Waals surface area (Å²) in [5, 5.41) is 14.7. The van der Waals surface area contributed by atoms with Gasteiger partial charge in [0.15, 0.2) is 0 Å². The lowest BCUT2D eigenvalue weighted by molar-refractivity contribution is -0.142. The Morgan fingerprint density at radius 3 is 2.60 bits per heavy atom. The van der Waals surface area contributed by atoms with Crippen molar-refractivity contribution in [3.8, 4) is 0 Å². The van der Waals surface area contributed by atoms with Crippen molar-refractivity contribution in [3.05, 3.63) is 29.8 Å². The van der Waals surface area contributed by atoms with Crippen LogP contribution in [-0.2, 0) is 9.59 Å². The number of para-hydroxylation sites is 1. The summed E-state index contributed by atoms with van der Waals surface area (Å²) in [7, 11) is 0. The van der Waals surface area contributed by atoms with Crippen LogP contribution < -0.4 is 10.6 Å². The molecule has 0 saturated carbocycles. The molecule has 0 heterocycles. The Labute approximate surface area is 119 Å². The van der Waals surface area contributed by atoms with E-state index in [1.165, 1.54) is 0 Å². The Kier molecular flexibility index (Phi) is 6.56. The number of benzene rings is 1. The van der Waals surface area contributed by atoms with Crippen molar-refractivity contribution in [1.29, 1.82) is 0 Å². The van der Waals surface area contributed by atoms with Gasteiger partial charge in [-0.05, 0) is 25.0 Å². The van der Waals surface area contributed by atoms with Gasteiger partial charge in [0, 0.05) is 18.7 Å². The molecule has 0 spiro atoms. The first kappa shape index (κ1) is 16.0. The van der Waals surface area contributed by atoms with Gasteiger partial charge in [-0.3, -0.25) is 4.79 Å². The molecular weight excluding hydrogens is 256 g/mol. The maximum Gasteiger partial charge on any atom is 0.326 e. The zero-order valence-corrected chi connectivity index (χ0v) is 12.0. The molecular formula is C15H22N2O3. The summed E-state index contributed by atoms with van der Waals surface area (Å²) < 4.78 is 0. The number of rotatable bonds is 8. The van der Waals surface area contributed by atoms with Crippen molar-refractivity contribution >= 4 is 17.6 Å². The molecule has 1 aromatic rings. The summed E-state index contributed by atoms with van der Waals surface area (Å²) >= 11 is 0. The topological polar surface area (TPSA) is 78.4 Å². The summed E-state index contributed by atoms with van der Waals surface area (Å²) in [5.74, 6) is -1.22. The molecule has 1 amide bonds. The summed E-state index contributed by atoms with van der Waals surface area (Å²) in [5.41, 5.74) is 2.10. The van der Waals surface area contributed by atoms with E-state index in [1.54, 1.807) is 0 Å². The van der Waals surface area contributed by atoms with E-state index < -0.39 is 12.0 Å². The quantitative estimate of drug-likeness (QED) is 0.681. The van der Waals surface area contributed by atoms with E-state index in [2.05, 4.69) is 10.6 Å². The van der Waals surface area contributed by atoms with Crippen LogP contribution in [0.15, 0.2) is 24.3 Å². The molecule has 5 heteroatoms. The number of anilines is 1. The SMILES string of the molecule is CCCC(NC(=O)CCNc1ccccc1C)C(=O)O. The second kappa shape index (κ2) is 8.19. The van der Waals surface area contributed by atoms with Crippen LogP contribution in [0.3, 0.4) is 0 Å². The van der Waals surface area contributed by atoms with Gasteiger partial charge in [0.1, 0.15) is 6.04 Å². The fourth-order valence-electron chi connectivity index (χ4n) is 1.89. The first-order valence-electron chi connectivity index (χ1n) is 6.86. The average molecular weight is 278 g/mol. The fourth-order valence-corrected chi connectivity index (χ4v) is 1.89. The minimum Gasteiger partial charge on any atom is -0.480 e. The molecule has 20 heavy (non-hydrogen) atoms. The molecule has 3 N–H and O–H groups in total. The van der Waals surface area contributed by atoms with Crippen LogP contribution in [0.5, 0.6) is 0 Å². The Morgan fingerprint density at radius 1 is 1.30 bits per heavy atom. The predicted molar refractivity (Wildman–Crippen MR) is 78.8 cm³/mol. The normalized spacial score (nSPS) is 11.7. The van der Waals surface area contributed by atoms with E-state index in [-0.39, 0.29) is 12.3 Å². The number of aliphatic carboxylic acids is 1. The Bertz CT molecular complexity index is 460. The summed E-state index contributed by atoms with van der Waals surface area (Å²) in [6.07, 6.45) is 1.42. The number of carboxylic acid groups (broad SMARTS) is 1. The standard InChI is InChI=1S/C15H22N2O3/c1-3-6-13(15(19)20)17-14(18)9-10-16-12-8-5-4-7-11(12)2/h4-5,7-8,13,16H,3,6,9-10H2,1-2H3,(H,17,18)(H,19,20). The highest BCUT2D eigenvalue weighted by Gasteiger charge is 2.18. The van der Waals surface area contributed by atoms with E-state index in [1.807, 2.05) is 38.1 Å². The van der Waals surface area contributed by atoms with Gasteiger partial charge in [-0.15, -0.1) is 0 Å². The van der Waals surface area contributed by atoms with Gasteiger partial charge in [-0.1, -0.05) is 31.5 Å². The first-order valence-corrected chi connectivity index (χ1v) is 6.86. The molecule has 1 rings (SSSR count). The Hall–Kier alpha value is -2.04. The maximum atomic E-state index is 11.7. The third-order valence-electron chi connectivity index (χ3n) is 3.02. The molecule has 5 nitrogen and oxygen atoms in total. The molecule has 0 saturated heterocycles. The van der Waals surface area contributed by atoms with Crippen LogP contribution in [0.2, 0.25) is 0 Å². The molecule has 0 fully saturated rings. The number of carbonyl (C=O) groups is 2. The molecule has 1 atom stereocenters. The number of hydrogen-bond acceptors (Lipinski definition) is 3. The molecule has 0 aliphatic heterocycles. The molecule has 110 valence electrons. The molecule has 0 aromatic heterocycles. The van der Waals surface area contributed by atoms with Crippen LogP contribution in [-0.4, -0.2) is 29.6 Å². The molecule has 0 aliphatic rings. The van der Waals surface area contributed by atoms with E-state index in [9.17, 15) is 9.59 Å². The minimum atomic E-state index is -0.980. The Morgan fingerprint density at radius 2 is 2.00 bits per heavy atom. The average Bonchev–Trinajstić information content (AvgIpc) is 2.40. The number of aryl methyl sites for hydroxylation is 1. The summed E-state index contributed by atoms with van der Waals surface area (Å²) in [4.78, 5) is 22.6. The van der Waals surface area contributed by atoms with Gasteiger partial charge in [-0.25, -0.2) is 4.79 Å². The van der Waals surface area contributed by atoms with E-state index in [0.29, 0.717) is 13.0 Å². The van der Waals surface area contributed by atoms with Gasteiger partial charge in [-0.2, -0.15) is 0 Å². The highest BCUT2D eigenvalue weighted by molar-refractivity contribution is 5.83. The molecule has 0 radical (unpaired) electrons. The Balaban J connectivity index is 2.36. The summed E-state index contributed by atoms with van der Waals surface area (Å²) in [6.45, 7) is 4.36. The van der Waals surface area contributed by atoms with Crippen molar-refractivity contribution in [2.24, 2.45) is 0 Å². The van der Waals surface area contributed by atoms with Crippen molar-refractivity contribution < 1.29 is 14.7 Å². The van der Waals surface area contributed by atoms with Crippen molar-refractivity contribution in [2.45, 2.75) is 39.2 Å². The maximum absolute atomic E-state index is 11.7. The number of hydrogen-bond donors (Lipinski definition) is 3. The second-order valence-electron chi connectivity index (χ2n) is 4.74. The van der Waals surface area contributed by atoms with E-state index in [4.69, 9.17) is 5.11 Å². The molecule has 1 aromatic carbocycles. The smallest absolute Gasteiger partial charge is 0.326 e. The van der Waals surface area contributed by atoms with Crippen LogP contribution in [0.25, 0.3) is 0 Å². The molecule has 1 unspecified atom stereocenters. The highest BCUT2D eigenvalue weighted by Crippen LogP contribution is 2.12. The van der Waals surface area contributed by atoms with E-state index in [0.717, 1.165) is 17.7 Å². The van der Waals surface area contributed by atoms with Crippen molar-refractivity contribution in [1.82, 2.24) is 5.32 Å². The monoisotopic (exact) mass is 278 g/mol. The fraction of sp³-hybridized carbons (Fsp3) is 0.467.